The Balaban J connectivity index is 1.65. The monoisotopic (exact) mass is 406 g/mol. The minimum Gasteiger partial charge on any atom is -0.390 e. The van der Waals surface area contributed by atoms with Crippen molar-refractivity contribution in [3.8, 4) is 0 Å². The van der Waals surface area contributed by atoms with E-state index < -0.39 is 36.5 Å². The minimum absolute atomic E-state index is 0.235. The molecule has 4 rings (SSSR count). The number of halogens is 1. The summed E-state index contributed by atoms with van der Waals surface area (Å²) in [6.07, 6.45) is -2.76. The molecule has 6 atom stereocenters. The van der Waals surface area contributed by atoms with E-state index in [0.717, 1.165) is 0 Å². The van der Waals surface area contributed by atoms with E-state index in [1.54, 1.807) is 22.9 Å². The van der Waals surface area contributed by atoms with E-state index in [2.05, 4.69) is 14.2 Å². The van der Waals surface area contributed by atoms with Gasteiger partial charge in [0.15, 0.2) is 6.23 Å². The number of rotatable bonds is 4. The third-order valence-corrected chi connectivity index (χ3v) is 5.54. The first-order valence-corrected chi connectivity index (χ1v) is 9.30. The Hall–Kier alpha value is -1.93. The Bertz CT molecular complexity index is 1010. The van der Waals surface area contributed by atoms with Gasteiger partial charge >= 0.3 is 0 Å². The zero-order chi connectivity index (χ0) is 20.0. The van der Waals surface area contributed by atoms with Crippen molar-refractivity contribution in [1.29, 1.82) is 0 Å². The smallest absolute Gasteiger partial charge is 0.163 e. The summed E-state index contributed by atoms with van der Waals surface area (Å²) in [6, 6.07) is 7.53. The molecule has 3 heterocycles. The minimum atomic E-state index is -1.35. The molecule has 2 aromatic heterocycles. The number of fused-ring (bicyclic) bond motifs is 1. The van der Waals surface area contributed by atoms with Crippen LogP contribution in [0.15, 0.2) is 42.7 Å². The number of aliphatic hydroxyl groups excluding tert-OH is 4. The van der Waals surface area contributed by atoms with Gasteiger partial charge in [0, 0.05) is 23.1 Å². The molecule has 0 saturated carbocycles. The molecule has 3 aromatic rings. The Morgan fingerprint density at radius 2 is 2.00 bits per heavy atom. The maximum absolute atomic E-state index is 13.5. The van der Waals surface area contributed by atoms with Crippen LogP contribution in [0.1, 0.15) is 23.6 Å². The van der Waals surface area contributed by atoms with E-state index in [1.165, 1.54) is 24.4 Å². The highest BCUT2D eigenvalue weighted by atomic mass is 31.0. The fourth-order valence-corrected chi connectivity index (χ4v) is 3.90. The summed E-state index contributed by atoms with van der Waals surface area (Å²) in [5.41, 5.74) is 1.52. The van der Waals surface area contributed by atoms with Crippen molar-refractivity contribution in [3.63, 3.8) is 0 Å². The van der Waals surface area contributed by atoms with Gasteiger partial charge in [0.1, 0.15) is 30.2 Å². The van der Waals surface area contributed by atoms with E-state index >= 15 is 0 Å². The first-order chi connectivity index (χ1) is 13.4. The molecule has 0 bridgehead atoms. The first-order valence-electron chi connectivity index (χ1n) is 8.72. The Labute approximate surface area is 162 Å². The topological polar surface area (TPSA) is 108 Å². The summed E-state index contributed by atoms with van der Waals surface area (Å²) in [5.74, 6) is -0.432. The highest BCUT2D eigenvalue weighted by Gasteiger charge is 2.47. The summed E-state index contributed by atoms with van der Waals surface area (Å²) in [6.45, 7) is -0.235. The van der Waals surface area contributed by atoms with Crippen LogP contribution in [-0.4, -0.2) is 48.3 Å². The molecule has 1 aliphatic heterocycles. The number of hydrogen-bond donors (Lipinski definition) is 4. The molecule has 0 amide bonds. The van der Waals surface area contributed by atoms with Gasteiger partial charge in [0.25, 0.3) is 0 Å². The van der Waals surface area contributed by atoms with Gasteiger partial charge in [0.05, 0.1) is 17.8 Å². The predicted molar refractivity (Wildman–Crippen MR) is 102 cm³/mol. The van der Waals surface area contributed by atoms with E-state index in [0.29, 0.717) is 22.2 Å². The molecule has 148 valence electrons. The standard InChI is InChI=1S/C19H20FN2O5P/c20-11-2-1-9(7-14(11)28)15(24)18-16(25)17(26)19(27-18)22-6-4-10-12(8-23)21-5-3-13(10)22/h1-7,15-19,23-26H,8,28H2. The fraction of sp³-hybridized carbons (Fsp3) is 0.316. The Morgan fingerprint density at radius 1 is 1.21 bits per heavy atom. The normalized spacial score (nSPS) is 26.1. The highest BCUT2D eigenvalue weighted by molar-refractivity contribution is 7.27. The van der Waals surface area contributed by atoms with Crippen LogP contribution in [0.25, 0.3) is 10.9 Å². The summed E-state index contributed by atoms with van der Waals surface area (Å²) in [5, 5.41) is 42.1. The van der Waals surface area contributed by atoms with Crippen LogP contribution in [-0.2, 0) is 11.3 Å². The molecule has 0 spiro atoms. The SMILES string of the molecule is OCc1nccc2c1ccn2C1OC(C(O)c2ccc(F)c(P)c2)C(O)C1O. The summed E-state index contributed by atoms with van der Waals surface area (Å²) < 4.78 is 20.9. The Morgan fingerprint density at radius 3 is 2.71 bits per heavy atom. The lowest BCUT2D eigenvalue weighted by Crippen LogP contribution is -2.35. The number of ether oxygens (including phenoxy) is 1. The van der Waals surface area contributed by atoms with Crippen molar-refractivity contribution >= 4 is 25.4 Å². The van der Waals surface area contributed by atoms with Crippen LogP contribution in [0.4, 0.5) is 4.39 Å². The van der Waals surface area contributed by atoms with Crippen LogP contribution >= 0.6 is 9.24 Å². The number of pyridine rings is 1. The molecule has 0 aliphatic carbocycles. The van der Waals surface area contributed by atoms with Crippen LogP contribution < -0.4 is 5.30 Å². The number of hydrogen-bond acceptors (Lipinski definition) is 6. The van der Waals surface area contributed by atoms with Gasteiger partial charge in [-0.25, -0.2) is 4.39 Å². The zero-order valence-corrected chi connectivity index (χ0v) is 15.8. The average molecular weight is 406 g/mol. The van der Waals surface area contributed by atoms with Gasteiger partial charge in [0.2, 0.25) is 0 Å². The number of aliphatic hydroxyl groups is 4. The van der Waals surface area contributed by atoms with Crippen molar-refractivity contribution in [2.24, 2.45) is 0 Å². The summed E-state index contributed by atoms with van der Waals surface area (Å²) in [4.78, 5) is 4.11. The molecular weight excluding hydrogens is 386 g/mol. The largest absolute Gasteiger partial charge is 0.390 e. The summed E-state index contributed by atoms with van der Waals surface area (Å²) >= 11 is 0. The third-order valence-electron chi connectivity index (χ3n) is 5.10. The molecule has 4 N–H and O–H groups in total. The van der Waals surface area contributed by atoms with E-state index in [1.807, 2.05) is 0 Å². The van der Waals surface area contributed by atoms with Crippen LogP contribution in [0, 0.1) is 5.82 Å². The highest BCUT2D eigenvalue weighted by Crippen LogP contribution is 2.37. The lowest BCUT2D eigenvalue weighted by atomic mass is 9.99. The third kappa shape index (κ3) is 3.12. The Kier molecular flexibility index (Phi) is 5.18. The predicted octanol–water partition coefficient (Wildman–Crippen LogP) is 0.521. The molecule has 1 fully saturated rings. The molecule has 1 aromatic carbocycles. The van der Waals surface area contributed by atoms with Gasteiger partial charge in [-0.2, -0.15) is 0 Å². The second kappa shape index (κ2) is 7.48. The molecule has 1 saturated heterocycles. The quantitative estimate of drug-likeness (QED) is 0.471. The van der Waals surface area contributed by atoms with Gasteiger partial charge in [-0.3, -0.25) is 4.98 Å². The zero-order valence-electron chi connectivity index (χ0n) is 14.7. The van der Waals surface area contributed by atoms with Gasteiger partial charge < -0.3 is 29.7 Å². The van der Waals surface area contributed by atoms with E-state index in [9.17, 15) is 24.8 Å². The second-order valence-corrected chi connectivity index (χ2v) is 7.39. The number of nitrogens with zero attached hydrogens (tertiary/aromatic N) is 2. The fourth-order valence-electron chi connectivity index (χ4n) is 3.61. The van der Waals surface area contributed by atoms with Gasteiger partial charge in [-0.1, -0.05) is 6.07 Å². The van der Waals surface area contributed by atoms with Gasteiger partial charge in [-0.05, 0) is 29.8 Å². The van der Waals surface area contributed by atoms with Crippen molar-refractivity contribution in [1.82, 2.24) is 9.55 Å². The van der Waals surface area contributed by atoms with Gasteiger partial charge in [-0.15, -0.1) is 9.24 Å². The maximum atomic E-state index is 13.5. The van der Waals surface area contributed by atoms with Crippen LogP contribution in [0.2, 0.25) is 0 Å². The van der Waals surface area contributed by atoms with Crippen molar-refractivity contribution in [2.75, 3.05) is 0 Å². The van der Waals surface area contributed by atoms with Crippen LogP contribution in [0.3, 0.4) is 0 Å². The number of aromatic nitrogens is 2. The van der Waals surface area contributed by atoms with E-state index in [4.69, 9.17) is 4.74 Å². The second-order valence-electron chi connectivity index (χ2n) is 6.77. The maximum Gasteiger partial charge on any atom is 0.163 e. The first kappa shape index (κ1) is 19.4. The lowest BCUT2D eigenvalue weighted by Gasteiger charge is -2.22. The molecule has 9 heteroatoms. The number of benzene rings is 1. The molecule has 1 aliphatic rings. The van der Waals surface area contributed by atoms with Crippen molar-refractivity contribution in [2.45, 2.75) is 37.3 Å². The van der Waals surface area contributed by atoms with Crippen LogP contribution in [0.5, 0.6) is 0 Å². The lowest BCUT2D eigenvalue weighted by molar-refractivity contribution is -0.0846. The van der Waals surface area contributed by atoms with E-state index in [-0.39, 0.29) is 11.9 Å². The molecule has 28 heavy (non-hydrogen) atoms. The molecule has 6 unspecified atom stereocenters. The van der Waals surface area contributed by atoms with Crippen molar-refractivity contribution in [3.05, 3.63) is 59.8 Å². The molecule has 7 nitrogen and oxygen atoms in total. The molecular formula is C19H20FN2O5P. The summed E-state index contributed by atoms with van der Waals surface area (Å²) in [7, 11) is 2.24. The van der Waals surface area contributed by atoms with Crippen molar-refractivity contribution < 1.29 is 29.6 Å². The average Bonchev–Trinajstić information content (AvgIpc) is 3.25. The molecule has 0 radical (unpaired) electrons.